The third kappa shape index (κ3) is 5.65. The number of hydrogen-bond donors (Lipinski definition) is 0. The van der Waals surface area contributed by atoms with Crippen molar-refractivity contribution in [3.05, 3.63) is 218 Å². The first-order valence-corrected chi connectivity index (χ1v) is 24.1. The summed E-state index contributed by atoms with van der Waals surface area (Å²) in [5, 5.41) is 12.4. The lowest BCUT2D eigenvalue weighted by Crippen LogP contribution is -2.25. The summed E-state index contributed by atoms with van der Waals surface area (Å²) in [6, 6.07) is 51.8. The molecule has 0 atom stereocenters. The third-order valence-electron chi connectivity index (χ3n) is 14.6. The molecule has 0 amide bonds. The first-order chi connectivity index (χ1) is 36.8. The van der Waals surface area contributed by atoms with E-state index in [9.17, 15) is 0 Å². The van der Waals surface area contributed by atoms with Crippen molar-refractivity contribution in [2.75, 3.05) is 0 Å². The SMILES string of the molecule is c1ccc2c(c1)cc(C(c1cc3ccccc3c3ccccc13)=c1n3c4nccnc4c4c(-c5ncncn5)ccc(c5ccc(-c6ncncn6)c6c7nc(-c8ccncc8)cnc7n1c56)c43)c1ccccc12. The van der Waals surface area contributed by atoms with Crippen LogP contribution in [-0.2, 0) is 0 Å². The molecule has 8 aromatic heterocycles. The van der Waals surface area contributed by atoms with Gasteiger partial charge in [0.2, 0.25) is 0 Å². The average molecular weight is 948 g/mol. The average Bonchev–Trinajstić information content (AvgIpc) is 3.98. The van der Waals surface area contributed by atoms with Crippen molar-refractivity contribution < 1.29 is 0 Å². The molecular formula is C61H33N13. The number of hydrogen-bond acceptors (Lipinski definition) is 11. The lowest BCUT2D eigenvalue weighted by molar-refractivity contribution is 0.999. The Morgan fingerprint density at radius 2 is 0.865 bits per heavy atom. The molecule has 74 heavy (non-hydrogen) atoms. The fourth-order valence-electron chi connectivity index (χ4n) is 11.6. The summed E-state index contributed by atoms with van der Waals surface area (Å²) in [4.78, 5) is 53.5. The molecule has 13 heteroatoms. The molecule has 0 aliphatic heterocycles. The second kappa shape index (κ2) is 15.5. The highest BCUT2D eigenvalue weighted by molar-refractivity contribution is 6.27. The van der Waals surface area contributed by atoms with E-state index in [2.05, 4.69) is 157 Å². The molecule has 16 rings (SSSR count). The minimum absolute atomic E-state index is 0.504. The van der Waals surface area contributed by atoms with Gasteiger partial charge in [-0.3, -0.25) is 18.8 Å². The molecule has 8 heterocycles. The number of fused-ring (bicyclic) bond motifs is 13. The summed E-state index contributed by atoms with van der Waals surface area (Å²) >= 11 is 0. The maximum Gasteiger partial charge on any atom is 0.165 e. The number of pyridine rings is 1. The Balaban J connectivity index is 1.29. The van der Waals surface area contributed by atoms with Crippen LogP contribution in [0.5, 0.6) is 0 Å². The summed E-state index contributed by atoms with van der Waals surface area (Å²) in [5.41, 5.74) is 11.2. The van der Waals surface area contributed by atoms with Gasteiger partial charge in [0.05, 0.1) is 22.9 Å². The summed E-state index contributed by atoms with van der Waals surface area (Å²) in [7, 11) is 0. The van der Waals surface area contributed by atoms with E-state index in [0.29, 0.717) is 39.7 Å². The fourth-order valence-corrected chi connectivity index (χ4v) is 11.6. The topological polar surface area (TPSA) is 151 Å². The van der Waals surface area contributed by atoms with Gasteiger partial charge in [0, 0.05) is 68.6 Å². The van der Waals surface area contributed by atoms with E-state index in [4.69, 9.17) is 39.9 Å². The predicted molar refractivity (Wildman–Crippen MR) is 290 cm³/mol. The van der Waals surface area contributed by atoms with Gasteiger partial charge in [0.25, 0.3) is 0 Å². The van der Waals surface area contributed by atoms with Gasteiger partial charge >= 0.3 is 0 Å². The molecule has 0 saturated carbocycles. The van der Waals surface area contributed by atoms with E-state index in [1.165, 1.54) is 25.3 Å². The summed E-state index contributed by atoms with van der Waals surface area (Å²) in [5.74, 6) is 1.02. The molecule has 0 radical (unpaired) electrons. The predicted octanol–water partition coefficient (Wildman–Crippen LogP) is 11.7. The van der Waals surface area contributed by atoms with Gasteiger partial charge in [0.1, 0.15) is 41.8 Å². The van der Waals surface area contributed by atoms with Crippen molar-refractivity contribution in [1.29, 1.82) is 0 Å². The maximum atomic E-state index is 5.59. The van der Waals surface area contributed by atoms with Gasteiger partial charge in [-0.1, -0.05) is 109 Å². The molecule has 16 aromatic rings. The third-order valence-corrected chi connectivity index (χ3v) is 14.6. The van der Waals surface area contributed by atoms with Gasteiger partial charge in [-0.2, -0.15) is 0 Å². The van der Waals surface area contributed by atoms with Crippen molar-refractivity contribution in [2.24, 2.45) is 0 Å². The molecule has 0 aliphatic rings. The zero-order valence-corrected chi connectivity index (χ0v) is 38.9. The van der Waals surface area contributed by atoms with Crippen molar-refractivity contribution in [3.8, 4) is 34.0 Å². The van der Waals surface area contributed by atoms with Gasteiger partial charge < -0.3 is 0 Å². The number of rotatable bonds is 5. The van der Waals surface area contributed by atoms with Gasteiger partial charge in [-0.15, -0.1) is 0 Å². The molecular weight excluding hydrogens is 915 g/mol. The van der Waals surface area contributed by atoms with Gasteiger partial charge in [-0.25, -0.2) is 44.9 Å². The van der Waals surface area contributed by atoms with Crippen LogP contribution >= 0.6 is 0 Å². The first kappa shape index (κ1) is 40.2. The fraction of sp³-hybridized carbons (Fsp3) is 0. The molecule has 0 N–H and O–H groups in total. The smallest absolute Gasteiger partial charge is 0.165 e. The van der Waals surface area contributed by atoms with Crippen LogP contribution in [0.1, 0.15) is 11.1 Å². The molecule has 8 aromatic carbocycles. The van der Waals surface area contributed by atoms with Crippen LogP contribution in [-0.4, -0.2) is 63.6 Å². The van der Waals surface area contributed by atoms with Crippen LogP contribution in [0.4, 0.5) is 0 Å². The second-order valence-corrected chi connectivity index (χ2v) is 18.3. The number of aromatic nitrogens is 13. The quantitative estimate of drug-likeness (QED) is 0.152. The molecule has 342 valence electrons. The van der Waals surface area contributed by atoms with Crippen LogP contribution in [0.3, 0.4) is 0 Å². The minimum atomic E-state index is 0.504. The van der Waals surface area contributed by atoms with E-state index in [1.807, 2.05) is 18.3 Å². The number of benzene rings is 8. The van der Waals surface area contributed by atoms with Crippen LogP contribution < -0.4 is 5.48 Å². The minimum Gasteiger partial charge on any atom is -0.276 e. The Hall–Kier alpha value is -10.5. The van der Waals surface area contributed by atoms with Crippen molar-refractivity contribution in [2.45, 2.75) is 0 Å². The lowest BCUT2D eigenvalue weighted by atomic mass is 9.86. The molecule has 0 aliphatic carbocycles. The Morgan fingerprint density at radius 3 is 1.43 bits per heavy atom. The van der Waals surface area contributed by atoms with E-state index in [1.54, 1.807) is 24.8 Å². The molecule has 0 unspecified atom stereocenters. The monoisotopic (exact) mass is 947 g/mol. The Kier molecular flexibility index (Phi) is 8.42. The highest BCUT2D eigenvalue weighted by Gasteiger charge is 2.29. The van der Waals surface area contributed by atoms with Crippen LogP contribution in [0.2, 0.25) is 0 Å². The Labute approximate surface area is 417 Å². The molecule has 0 saturated heterocycles. The lowest BCUT2D eigenvalue weighted by Gasteiger charge is -2.18. The zero-order chi connectivity index (χ0) is 48.4. The molecule has 13 nitrogen and oxygen atoms in total. The molecule has 0 spiro atoms. The summed E-state index contributed by atoms with van der Waals surface area (Å²) in [6.45, 7) is 0. The van der Waals surface area contributed by atoms with Crippen LogP contribution in [0, 0.1) is 0 Å². The van der Waals surface area contributed by atoms with E-state index < -0.39 is 0 Å². The highest BCUT2D eigenvalue weighted by atomic mass is 15.1. The van der Waals surface area contributed by atoms with E-state index in [-0.39, 0.29) is 0 Å². The molecule has 0 bridgehead atoms. The Bertz CT molecular complexity index is 4960. The van der Waals surface area contributed by atoms with Gasteiger partial charge in [0.15, 0.2) is 22.9 Å². The second-order valence-electron chi connectivity index (χ2n) is 18.3. The first-order valence-electron chi connectivity index (χ1n) is 24.1. The number of nitrogens with zero attached hydrogens (tertiary/aromatic N) is 13. The summed E-state index contributed by atoms with van der Waals surface area (Å²) in [6.07, 6.45) is 15.1. The Morgan fingerprint density at radius 1 is 0.378 bits per heavy atom. The zero-order valence-electron chi connectivity index (χ0n) is 38.9. The van der Waals surface area contributed by atoms with Crippen LogP contribution in [0.15, 0.2) is 202 Å². The van der Waals surface area contributed by atoms with Crippen LogP contribution in [0.25, 0.3) is 138 Å². The van der Waals surface area contributed by atoms with Crippen molar-refractivity contribution in [1.82, 2.24) is 63.6 Å². The van der Waals surface area contributed by atoms with E-state index >= 15 is 0 Å². The highest BCUT2D eigenvalue weighted by Crippen LogP contribution is 2.45. The van der Waals surface area contributed by atoms with Crippen molar-refractivity contribution >= 4 is 104 Å². The standard InChI is InChI=1S/C61H33N13/c1-3-11-37-35(9-1)27-47(41-15-7-5-13-39(37)41)50(48-28-36-10-2-4-12-38(36)40-14-6-8-16-42(40)48)61-73-55-43(17-19-45(57-68-30-63-31-69-57)51(55)53-59(73)66-26-25-65-53)44-18-20-46(58-70-32-64-33-71-58)52-54-60(74(61)56(44)52)67-29-49(72-54)34-21-23-62-24-22-34/h1-33H. The maximum absolute atomic E-state index is 5.59. The van der Waals surface area contributed by atoms with Crippen molar-refractivity contribution in [3.63, 3.8) is 0 Å². The molecule has 0 fully saturated rings. The largest absolute Gasteiger partial charge is 0.276 e. The summed E-state index contributed by atoms with van der Waals surface area (Å²) < 4.78 is 4.62. The normalized spacial score (nSPS) is 12.1. The van der Waals surface area contributed by atoms with E-state index in [0.717, 1.165) is 115 Å². The van der Waals surface area contributed by atoms with Gasteiger partial charge in [-0.05, 0) is 90.6 Å².